The van der Waals surface area contributed by atoms with E-state index in [2.05, 4.69) is 15.9 Å². The van der Waals surface area contributed by atoms with E-state index < -0.39 is 6.10 Å². The molecule has 1 aliphatic heterocycles. The topological polar surface area (TPSA) is 51.7 Å². The van der Waals surface area contributed by atoms with Crippen LogP contribution < -0.4 is 9.64 Å². The van der Waals surface area contributed by atoms with Gasteiger partial charge in [0.25, 0.3) is 5.91 Å². The molecule has 2 heterocycles. The number of aromatic nitrogens is 1. The van der Waals surface area contributed by atoms with Crippen LogP contribution in [0.25, 0.3) is 11.3 Å². The Morgan fingerprint density at radius 3 is 2.79 bits per heavy atom. The first-order valence-corrected chi connectivity index (χ1v) is 11.0. The molecule has 1 aliphatic rings. The normalized spacial score (nSPS) is 15.9. The first-order valence-electron chi connectivity index (χ1n) is 9.35. The number of ether oxygens (including phenoxy) is 2. The van der Waals surface area contributed by atoms with Crippen molar-refractivity contribution in [3.63, 3.8) is 0 Å². The van der Waals surface area contributed by atoms with Gasteiger partial charge in [-0.25, -0.2) is 4.98 Å². The van der Waals surface area contributed by atoms with Crippen molar-refractivity contribution in [2.75, 3.05) is 18.6 Å². The number of hydrogen-bond donors (Lipinski definition) is 0. The molecule has 1 aromatic heterocycles. The number of hydrogen-bond acceptors (Lipinski definition) is 5. The van der Waals surface area contributed by atoms with Crippen LogP contribution in [0.15, 0.2) is 52.3 Å². The van der Waals surface area contributed by atoms with Crippen LogP contribution in [0.1, 0.15) is 17.5 Å². The van der Waals surface area contributed by atoms with Crippen LogP contribution in [-0.2, 0) is 22.5 Å². The van der Waals surface area contributed by atoms with Gasteiger partial charge >= 0.3 is 0 Å². The zero-order chi connectivity index (χ0) is 20.4. The summed E-state index contributed by atoms with van der Waals surface area (Å²) in [7, 11) is 1.69. The molecule has 7 heteroatoms. The second-order valence-electron chi connectivity index (χ2n) is 6.86. The molecule has 0 spiro atoms. The number of nitrogens with zero attached hydrogens (tertiary/aromatic N) is 2. The molecule has 0 fully saturated rings. The number of carbonyl (C=O) groups is 1. The van der Waals surface area contributed by atoms with E-state index in [-0.39, 0.29) is 5.91 Å². The Bertz CT molecular complexity index is 1020. The average Bonchev–Trinajstić information content (AvgIpc) is 3.20. The summed E-state index contributed by atoms with van der Waals surface area (Å²) < 4.78 is 12.0. The Balaban J connectivity index is 1.66. The minimum Gasteiger partial charge on any atom is -0.479 e. The van der Waals surface area contributed by atoms with E-state index in [1.807, 2.05) is 47.8 Å². The van der Waals surface area contributed by atoms with Gasteiger partial charge in [-0.05, 0) is 42.8 Å². The van der Waals surface area contributed by atoms with Crippen molar-refractivity contribution >= 4 is 38.9 Å². The number of anilines is 1. The highest BCUT2D eigenvalue weighted by Gasteiger charge is 2.32. The van der Waals surface area contributed by atoms with E-state index in [0.29, 0.717) is 18.9 Å². The van der Waals surface area contributed by atoms with Gasteiger partial charge in [0.15, 0.2) is 6.10 Å². The highest BCUT2D eigenvalue weighted by molar-refractivity contribution is 9.10. The molecule has 150 valence electrons. The maximum absolute atomic E-state index is 12.9. The van der Waals surface area contributed by atoms with E-state index in [1.54, 1.807) is 30.3 Å². The van der Waals surface area contributed by atoms with E-state index >= 15 is 0 Å². The molecule has 0 bridgehead atoms. The maximum atomic E-state index is 12.9. The van der Waals surface area contributed by atoms with Gasteiger partial charge in [-0.15, -0.1) is 11.3 Å². The van der Waals surface area contributed by atoms with E-state index in [1.165, 1.54) is 0 Å². The number of fused-ring (bicyclic) bond motifs is 1. The van der Waals surface area contributed by atoms with Crippen molar-refractivity contribution in [2.45, 2.75) is 26.0 Å². The molecule has 0 radical (unpaired) electrons. The summed E-state index contributed by atoms with van der Waals surface area (Å²) in [6.07, 6.45) is 0.282. The minimum atomic E-state index is -0.510. The molecule has 1 unspecified atom stereocenters. The molecule has 2 aromatic carbocycles. The zero-order valence-electron chi connectivity index (χ0n) is 16.2. The monoisotopic (exact) mass is 472 g/mol. The Hall–Kier alpha value is -2.22. The Labute approximate surface area is 182 Å². The Kier molecular flexibility index (Phi) is 5.99. The molecule has 0 aliphatic carbocycles. The van der Waals surface area contributed by atoms with Gasteiger partial charge in [0, 0.05) is 28.9 Å². The van der Waals surface area contributed by atoms with Crippen molar-refractivity contribution in [1.82, 2.24) is 4.98 Å². The van der Waals surface area contributed by atoms with Gasteiger partial charge in [0.05, 0.1) is 29.5 Å². The third kappa shape index (κ3) is 4.37. The van der Waals surface area contributed by atoms with Gasteiger partial charge in [-0.3, -0.25) is 4.79 Å². The predicted octanol–water partition coefficient (Wildman–Crippen LogP) is 5.08. The summed E-state index contributed by atoms with van der Waals surface area (Å²) in [5.41, 5.74) is 3.71. The summed E-state index contributed by atoms with van der Waals surface area (Å²) in [5.74, 6) is 0.671. The second kappa shape index (κ2) is 8.65. The average molecular weight is 473 g/mol. The second-order valence-corrected chi connectivity index (χ2v) is 8.72. The lowest BCUT2D eigenvalue weighted by atomic mass is 10.1. The summed E-state index contributed by atoms with van der Waals surface area (Å²) in [4.78, 5) is 19.4. The van der Waals surface area contributed by atoms with Crippen LogP contribution in [0.3, 0.4) is 0 Å². The Morgan fingerprint density at radius 2 is 2.03 bits per heavy atom. The fourth-order valence-electron chi connectivity index (χ4n) is 3.25. The molecule has 5 nitrogen and oxygen atoms in total. The van der Waals surface area contributed by atoms with Gasteiger partial charge in [0.2, 0.25) is 0 Å². The SMILES string of the molecule is COCCc1nc(-c2ccc3c(c2)N(Cc2ccc(Br)cc2)C(=O)C(C)O3)cs1. The van der Waals surface area contributed by atoms with E-state index in [4.69, 9.17) is 14.5 Å². The van der Waals surface area contributed by atoms with E-state index in [0.717, 1.165) is 38.4 Å². The number of carbonyl (C=O) groups excluding carboxylic acids is 1. The molecule has 0 N–H and O–H groups in total. The molecule has 3 aromatic rings. The number of thiazole rings is 1. The lowest BCUT2D eigenvalue weighted by Gasteiger charge is -2.33. The lowest BCUT2D eigenvalue weighted by Crippen LogP contribution is -2.44. The first-order chi connectivity index (χ1) is 14.0. The van der Waals surface area contributed by atoms with Gasteiger partial charge in [-0.1, -0.05) is 28.1 Å². The van der Waals surface area contributed by atoms with Crippen molar-refractivity contribution in [1.29, 1.82) is 0 Å². The summed E-state index contributed by atoms with van der Waals surface area (Å²) in [6, 6.07) is 13.9. The number of halogens is 1. The molecular formula is C22H21BrN2O3S. The van der Waals surface area contributed by atoms with Crippen LogP contribution >= 0.6 is 27.3 Å². The number of rotatable bonds is 6. The molecule has 0 saturated heterocycles. The first kappa shape index (κ1) is 20.1. The van der Waals surface area contributed by atoms with Crippen molar-refractivity contribution in [2.24, 2.45) is 0 Å². The predicted molar refractivity (Wildman–Crippen MR) is 119 cm³/mol. The summed E-state index contributed by atoms with van der Waals surface area (Å²) in [5, 5.41) is 3.08. The maximum Gasteiger partial charge on any atom is 0.268 e. The van der Waals surface area contributed by atoms with Crippen LogP contribution in [0.5, 0.6) is 5.75 Å². The van der Waals surface area contributed by atoms with Crippen molar-refractivity contribution < 1.29 is 14.3 Å². The molecular weight excluding hydrogens is 452 g/mol. The summed E-state index contributed by atoms with van der Waals surface area (Å²) >= 11 is 5.08. The zero-order valence-corrected chi connectivity index (χ0v) is 18.6. The third-order valence-electron chi connectivity index (χ3n) is 4.79. The van der Waals surface area contributed by atoms with Crippen LogP contribution in [0.4, 0.5) is 5.69 Å². The van der Waals surface area contributed by atoms with E-state index in [9.17, 15) is 4.79 Å². The van der Waals surface area contributed by atoms with Gasteiger partial charge in [0.1, 0.15) is 5.75 Å². The third-order valence-corrected chi connectivity index (χ3v) is 6.23. The van der Waals surface area contributed by atoms with Crippen molar-refractivity contribution in [3.05, 3.63) is 62.9 Å². The fraction of sp³-hybridized carbons (Fsp3) is 0.273. The molecule has 4 rings (SSSR count). The minimum absolute atomic E-state index is 0.0448. The smallest absolute Gasteiger partial charge is 0.268 e. The molecule has 0 saturated carbocycles. The van der Waals surface area contributed by atoms with Crippen molar-refractivity contribution in [3.8, 4) is 17.0 Å². The highest BCUT2D eigenvalue weighted by Crippen LogP contribution is 2.38. The lowest BCUT2D eigenvalue weighted by molar-refractivity contribution is -0.125. The quantitative estimate of drug-likeness (QED) is 0.502. The van der Waals surface area contributed by atoms with Gasteiger partial charge < -0.3 is 14.4 Å². The number of amides is 1. The largest absolute Gasteiger partial charge is 0.479 e. The van der Waals surface area contributed by atoms with Crippen LogP contribution in [-0.4, -0.2) is 30.7 Å². The van der Waals surface area contributed by atoms with Gasteiger partial charge in [-0.2, -0.15) is 0 Å². The number of benzene rings is 2. The molecule has 1 atom stereocenters. The summed E-state index contributed by atoms with van der Waals surface area (Å²) in [6.45, 7) is 2.93. The highest BCUT2D eigenvalue weighted by atomic mass is 79.9. The van der Waals surface area contributed by atoms with Crippen LogP contribution in [0.2, 0.25) is 0 Å². The number of methoxy groups -OCH3 is 1. The van der Waals surface area contributed by atoms with Crippen LogP contribution in [0, 0.1) is 0 Å². The Morgan fingerprint density at radius 1 is 1.24 bits per heavy atom. The molecule has 1 amide bonds. The fourth-order valence-corrected chi connectivity index (χ4v) is 4.30. The standard InChI is InChI=1S/C22H21BrN2O3S/c1-14-22(26)25(12-15-3-6-17(23)7-4-15)19-11-16(5-8-20(19)28-14)18-13-29-21(24-18)9-10-27-2/h3-8,11,13-14H,9-10,12H2,1-2H3. The molecule has 29 heavy (non-hydrogen) atoms.